The summed E-state index contributed by atoms with van der Waals surface area (Å²) in [6.07, 6.45) is -3.60. The van der Waals surface area contributed by atoms with Crippen molar-refractivity contribution >= 4 is 0 Å². The van der Waals surface area contributed by atoms with Crippen molar-refractivity contribution in [2.24, 2.45) is 0 Å². The van der Waals surface area contributed by atoms with E-state index >= 15 is 0 Å². The second-order valence-corrected chi connectivity index (χ2v) is 3.56. The molecule has 0 bridgehead atoms. The Balaban J connectivity index is 3.90. The third kappa shape index (κ3) is 4.77. The average Bonchev–Trinajstić information content (AvgIpc) is 2.24. The Kier molecular flexibility index (Phi) is 5.68. The lowest BCUT2D eigenvalue weighted by Gasteiger charge is -2.21. The summed E-state index contributed by atoms with van der Waals surface area (Å²) in [4.78, 5) is 0. The molecule has 1 N–H and O–H groups in total. The maximum atomic E-state index is 12.4. The molecule has 0 aliphatic carbocycles. The molecule has 94 valence electrons. The number of nitrogens with one attached hydrogen (secondary N) is 1. The Labute approximate surface area is 91.4 Å². The van der Waals surface area contributed by atoms with Gasteiger partial charge in [-0.1, -0.05) is 0 Å². The molecule has 0 saturated heterocycles. The summed E-state index contributed by atoms with van der Waals surface area (Å²) in [7, 11) is 1.54. The van der Waals surface area contributed by atoms with Crippen molar-refractivity contribution in [3.8, 4) is 6.07 Å². The number of alkyl halides is 4. The maximum absolute atomic E-state index is 12.4. The van der Waals surface area contributed by atoms with Crippen LogP contribution in [-0.4, -0.2) is 38.1 Å². The van der Waals surface area contributed by atoms with Gasteiger partial charge in [0.2, 0.25) is 0 Å². The number of hydrogen-bond donors (Lipinski definition) is 1. The lowest BCUT2D eigenvalue weighted by Crippen LogP contribution is -2.40. The van der Waals surface area contributed by atoms with Gasteiger partial charge in [0, 0.05) is 13.0 Å². The first kappa shape index (κ1) is 15.1. The lowest BCUT2D eigenvalue weighted by molar-refractivity contribution is -0.166. The van der Waals surface area contributed by atoms with Gasteiger partial charge in [-0.05, 0) is 14.0 Å². The van der Waals surface area contributed by atoms with E-state index in [0.29, 0.717) is 0 Å². The van der Waals surface area contributed by atoms with Gasteiger partial charge in [-0.25, -0.2) is 8.78 Å². The molecule has 0 aliphatic heterocycles. The van der Waals surface area contributed by atoms with Crippen molar-refractivity contribution in [3.63, 3.8) is 0 Å². The highest BCUT2D eigenvalue weighted by Gasteiger charge is 2.41. The van der Waals surface area contributed by atoms with E-state index in [1.807, 2.05) is 6.07 Å². The second kappa shape index (κ2) is 6.01. The number of nitrogens with zero attached hydrogens (tertiary/aromatic N) is 1. The summed E-state index contributed by atoms with van der Waals surface area (Å²) in [5.74, 6) is -4.14. The molecule has 7 heteroatoms. The van der Waals surface area contributed by atoms with Crippen LogP contribution in [0.4, 0.5) is 17.6 Å². The highest BCUT2D eigenvalue weighted by molar-refractivity contribution is 5.02. The molecule has 0 heterocycles. The van der Waals surface area contributed by atoms with Crippen LogP contribution in [-0.2, 0) is 4.74 Å². The number of rotatable bonds is 7. The fraction of sp³-hybridized carbons (Fsp3) is 0.889. The molecule has 0 aliphatic rings. The minimum Gasteiger partial charge on any atom is -0.375 e. The zero-order chi connectivity index (χ0) is 12.8. The molecule has 0 saturated carbocycles. The van der Waals surface area contributed by atoms with Crippen LogP contribution in [0, 0.1) is 11.3 Å². The first-order chi connectivity index (χ1) is 7.27. The topological polar surface area (TPSA) is 45.0 Å². The molecular formula is C9H14F4N2O. The molecule has 0 aromatic carbocycles. The quantitative estimate of drug-likeness (QED) is 0.547. The largest absolute Gasteiger partial charge is 0.375 e. The van der Waals surface area contributed by atoms with Gasteiger partial charge in [0.1, 0.15) is 12.1 Å². The van der Waals surface area contributed by atoms with E-state index in [9.17, 15) is 17.6 Å². The van der Waals surface area contributed by atoms with Crippen LogP contribution in [0.3, 0.4) is 0 Å². The minimum atomic E-state index is -4.14. The number of halogens is 4. The summed E-state index contributed by atoms with van der Waals surface area (Å²) in [5, 5.41) is 11.4. The van der Waals surface area contributed by atoms with Crippen molar-refractivity contribution in [2.45, 2.75) is 31.2 Å². The van der Waals surface area contributed by atoms with Crippen molar-refractivity contribution in [1.82, 2.24) is 5.32 Å². The van der Waals surface area contributed by atoms with Crippen molar-refractivity contribution in [3.05, 3.63) is 0 Å². The van der Waals surface area contributed by atoms with Gasteiger partial charge in [0.15, 0.2) is 0 Å². The Morgan fingerprint density at radius 1 is 1.44 bits per heavy atom. The molecule has 0 fully saturated rings. The predicted octanol–water partition coefficient (Wildman–Crippen LogP) is 1.80. The molecule has 0 spiro atoms. The lowest BCUT2D eigenvalue weighted by atomic mass is 10.0. The zero-order valence-corrected chi connectivity index (χ0v) is 9.07. The van der Waals surface area contributed by atoms with Crippen molar-refractivity contribution in [1.29, 1.82) is 5.26 Å². The molecule has 3 nitrogen and oxygen atoms in total. The van der Waals surface area contributed by atoms with Gasteiger partial charge >= 0.3 is 12.3 Å². The molecule has 1 unspecified atom stereocenters. The van der Waals surface area contributed by atoms with Crippen LogP contribution in [0.1, 0.15) is 13.3 Å². The third-order valence-corrected chi connectivity index (χ3v) is 2.16. The predicted molar refractivity (Wildman–Crippen MR) is 49.5 cm³/mol. The Bertz CT molecular complexity index is 254. The Hall–Kier alpha value is -0.870. The van der Waals surface area contributed by atoms with Crippen molar-refractivity contribution < 1.29 is 22.3 Å². The summed E-state index contributed by atoms with van der Waals surface area (Å²) in [6.45, 7) is 0.0325. The van der Waals surface area contributed by atoms with Gasteiger partial charge in [-0.15, -0.1) is 0 Å². The molecular weight excluding hydrogens is 228 g/mol. The smallest absolute Gasteiger partial charge is 0.330 e. The van der Waals surface area contributed by atoms with E-state index in [1.54, 1.807) is 6.92 Å². The van der Waals surface area contributed by atoms with Crippen LogP contribution in [0.25, 0.3) is 0 Å². The fourth-order valence-corrected chi connectivity index (χ4v) is 0.784. The van der Waals surface area contributed by atoms with E-state index in [-0.39, 0.29) is 13.0 Å². The number of ether oxygens (including phenoxy) is 1. The molecule has 1 atom stereocenters. The first-order valence-electron chi connectivity index (χ1n) is 4.61. The van der Waals surface area contributed by atoms with Crippen LogP contribution < -0.4 is 5.32 Å². The second-order valence-electron chi connectivity index (χ2n) is 3.56. The van der Waals surface area contributed by atoms with Gasteiger partial charge in [-0.2, -0.15) is 14.0 Å². The monoisotopic (exact) mass is 242 g/mol. The minimum absolute atomic E-state index is 0.138. The van der Waals surface area contributed by atoms with Gasteiger partial charge in [0.25, 0.3) is 0 Å². The summed E-state index contributed by atoms with van der Waals surface area (Å²) < 4.78 is 52.6. The molecule has 0 radical (unpaired) electrons. The Morgan fingerprint density at radius 2 is 2.00 bits per heavy atom. The first-order valence-corrected chi connectivity index (χ1v) is 4.61. The maximum Gasteiger partial charge on any atom is 0.330 e. The Morgan fingerprint density at radius 3 is 2.38 bits per heavy atom. The van der Waals surface area contributed by atoms with Crippen LogP contribution in [0.2, 0.25) is 0 Å². The molecule has 0 amide bonds. The third-order valence-electron chi connectivity index (χ3n) is 2.16. The van der Waals surface area contributed by atoms with E-state index in [4.69, 9.17) is 5.26 Å². The highest BCUT2D eigenvalue weighted by Crippen LogP contribution is 2.23. The SMILES string of the molecule is CNC(C)(C#N)CCOCC(F)(F)C(F)F. The van der Waals surface area contributed by atoms with Crippen molar-refractivity contribution in [2.75, 3.05) is 20.3 Å². The van der Waals surface area contributed by atoms with Crippen LogP contribution >= 0.6 is 0 Å². The molecule has 16 heavy (non-hydrogen) atoms. The van der Waals surface area contributed by atoms with E-state index < -0.39 is 24.5 Å². The van der Waals surface area contributed by atoms with Gasteiger partial charge in [0.05, 0.1) is 6.07 Å². The average molecular weight is 242 g/mol. The van der Waals surface area contributed by atoms with Crippen LogP contribution in [0.5, 0.6) is 0 Å². The molecule has 0 rings (SSSR count). The number of hydrogen-bond acceptors (Lipinski definition) is 3. The number of nitriles is 1. The van der Waals surface area contributed by atoms with E-state index in [0.717, 1.165) is 0 Å². The highest BCUT2D eigenvalue weighted by atomic mass is 19.3. The van der Waals surface area contributed by atoms with Crippen LogP contribution in [0.15, 0.2) is 0 Å². The molecule has 0 aromatic heterocycles. The molecule has 0 aromatic rings. The summed E-state index contributed by atoms with van der Waals surface area (Å²) in [6, 6.07) is 1.92. The summed E-state index contributed by atoms with van der Waals surface area (Å²) in [5.41, 5.74) is -0.903. The normalized spacial score (nSPS) is 15.9. The van der Waals surface area contributed by atoms with E-state index in [1.165, 1.54) is 7.05 Å². The van der Waals surface area contributed by atoms with Gasteiger partial charge in [-0.3, -0.25) is 0 Å². The van der Waals surface area contributed by atoms with Gasteiger partial charge < -0.3 is 10.1 Å². The summed E-state index contributed by atoms with van der Waals surface area (Å²) >= 11 is 0. The fourth-order valence-electron chi connectivity index (χ4n) is 0.784. The standard InChI is InChI=1S/C9H14F4N2O/c1-8(5-14,15-2)3-4-16-6-9(12,13)7(10)11/h7,15H,3-4,6H2,1-2H3. The zero-order valence-electron chi connectivity index (χ0n) is 9.07. The van der Waals surface area contributed by atoms with E-state index in [2.05, 4.69) is 10.1 Å².